The molecule has 0 bridgehead atoms. The van der Waals surface area contributed by atoms with E-state index in [0.29, 0.717) is 25.9 Å². The van der Waals surface area contributed by atoms with Crippen LogP contribution in [0, 0.1) is 0 Å². The average Bonchev–Trinajstić information content (AvgIpc) is 2.17. The first-order chi connectivity index (χ1) is 8.60. The van der Waals surface area contributed by atoms with Gasteiger partial charge in [-0.25, -0.2) is 13.6 Å². The minimum atomic E-state index is -2.30. The second-order valence-corrected chi connectivity index (χ2v) is 6.38. The predicted octanol–water partition coefficient (Wildman–Crippen LogP) is 2.63. The number of nitrogens with one attached hydrogen (secondary N) is 1. The lowest BCUT2D eigenvalue weighted by molar-refractivity contribution is 0.0332. The Hall–Kier alpha value is -0.910. The van der Waals surface area contributed by atoms with Crippen molar-refractivity contribution in [2.45, 2.75) is 58.1 Å². The largest absolute Gasteiger partial charge is 0.444 e. The summed E-state index contributed by atoms with van der Waals surface area (Å²) in [6.07, 6.45) is -1.45. The molecule has 1 amide bonds. The van der Waals surface area contributed by atoms with E-state index in [2.05, 4.69) is 5.32 Å². The Balaban J connectivity index is 2.41. The van der Waals surface area contributed by atoms with E-state index in [1.165, 1.54) is 0 Å². The van der Waals surface area contributed by atoms with Crippen molar-refractivity contribution in [2.75, 3.05) is 19.6 Å². The van der Waals surface area contributed by atoms with Gasteiger partial charge in [0.2, 0.25) is 0 Å². The fourth-order valence-corrected chi connectivity index (χ4v) is 2.10. The lowest BCUT2D eigenvalue weighted by atomic mass is 9.90. The molecule has 1 heterocycles. The summed E-state index contributed by atoms with van der Waals surface area (Å²) in [7, 11) is 0. The monoisotopic (exact) mass is 278 g/mol. The third kappa shape index (κ3) is 6.18. The number of halogens is 2. The Labute approximate surface area is 113 Å². The zero-order valence-corrected chi connectivity index (χ0v) is 12.1. The van der Waals surface area contributed by atoms with Crippen LogP contribution < -0.4 is 5.32 Å². The van der Waals surface area contributed by atoms with Gasteiger partial charge in [0.05, 0.1) is 6.54 Å². The molecule has 0 saturated carbocycles. The molecule has 0 aromatic heterocycles. The average molecular weight is 278 g/mol. The van der Waals surface area contributed by atoms with Crippen molar-refractivity contribution < 1.29 is 18.3 Å². The van der Waals surface area contributed by atoms with Crippen LogP contribution in [-0.4, -0.2) is 48.2 Å². The Bertz CT molecular complexity index is 308. The van der Waals surface area contributed by atoms with Gasteiger partial charge in [0.25, 0.3) is 6.43 Å². The number of hydrogen-bond acceptors (Lipinski definition) is 3. The third-order valence-electron chi connectivity index (χ3n) is 3.16. The van der Waals surface area contributed by atoms with Crippen LogP contribution in [0.15, 0.2) is 0 Å². The number of ether oxygens (including phenoxy) is 1. The van der Waals surface area contributed by atoms with Crippen LogP contribution in [0.2, 0.25) is 0 Å². The summed E-state index contributed by atoms with van der Waals surface area (Å²) < 4.78 is 29.8. The zero-order chi connectivity index (χ0) is 14.7. The molecule has 1 N–H and O–H groups in total. The fraction of sp³-hybridized carbons (Fsp3) is 0.923. The van der Waals surface area contributed by atoms with Crippen LogP contribution in [-0.2, 0) is 4.74 Å². The van der Waals surface area contributed by atoms with Crippen molar-refractivity contribution in [3.05, 3.63) is 0 Å². The number of likely N-dealkylation sites (tertiary alicyclic amines) is 1. The van der Waals surface area contributed by atoms with Gasteiger partial charge in [0.1, 0.15) is 5.60 Å². The van der Waals surface area contributed by atoms with E-state index >= 15 is 0 Å². The molecule has 1 rings (SSSR count). The van der Waals surface area contributed by atoms with Gasteiger partial charge in [-0.2, -0.15) is 0 Å². The van der Waals surface area contributed by atoms with Crippen LogP contribution in [0.4, 0.5) is 13.6 Å². The Morgan fingerprint density at radius 3 is 2.32 bits per heavy atom. The highest BCUT2D eigenvalue weighted by Crippen LogP contribution is 2.23. The normalized spacial score (nSPS) is 20.4. The zero-order valence-electron chi connectivity index (χ0n) is 12.1. The van der Waals surface area contributed by atoms with E-state index in [-0.39, 0.29) is 12.1 Å². The van der Waals surface area contributed by atoms with E-state index in [0.717, 1.165) is 0 Å². The number of carbonyl (C=O) groups is 1. The number of alkyl carbamates (subject to hydrolysis) is 1. The maximum absolute atomic E-state index is 12.3. The summed E-state index contributed by atoms with van der Waals surface area (Å²) in [6, 6.07) is 0. The Morgan fingerprint density at radius 2 is 1.89 bits per heavy atom. The van der Waals surface area contributed by atoms with Crippen LogP contribution in [0.5, 0.6) is 0 Å². The van der Waals surface area contributed by atoms with Crippen LogP contribution in [0.25, 0.3) is 0 Å². The molecular weight excluding hydrogens is 254 g/mol. The standard InChI is InChI=1S/C13H24F2N2O2/c1-12(2,3)19-11(18)16-13(4)5-7-17(8-6-13)9-10(14)15/h10H,5-9H2,1-4H3,(H,16,18). The first kappa shape index (κ1) is 16.1. The first-order valence-electron chi connectivity index (χ1n) is 6.61. The number of piperidine rings is 1. The molecule has 1 saturated heterocycles. The quantitative estimate of drug-likeness (QED) is 0.863. The number of amides is 1. The van der Waals surface area contributed by atoms with Crippen molar-refractivity contribution in [1.82, 2.24) is 10.2 Å². The van der Waals surface area contributed by atoms with Gasteiger partial charge in [-0.15, -0.1) is 0 Å². The van der Waals surface area contributed by atoms with Gasteiger partial charge in [0, 0.05) is 18.6 Å². The van der Waals surface area contributed by atoms with E-state index in [1.54, 1.807) is 25.7 Å². The van der Waals surface area contributed by atoms with E-state index < -0.39 is 18.1 Å². The molecular formula is C13H24F2N2O2. The minimum Gasteiger partial charge on any atom is -0.444 e. The Kier molecular flexibility index (Phi) is 5.12. The van der Waals surface area contributed by atoms with Gasteiger partial charge >= 0.3 is 6.09 Å². The van der Waals surface area contributed by atoms with Gasteiger partial charge in [-0.3, -0.25) is 4.90 Å². The molecule has 1 aliphatic heterocycles. The number of carbonyl (C=O) groups excluding carboxylic acids is 1. The number of hydrogen-bond donors (Lipinski definition) is 1. The molecule has 0 aromatic rings. The van der Waals surface area contributed by atoms with Gasteiger partial charge in [0.15, 0.2) is 0 Å². The highest BCUT2D eigenvalue weighted by atomic mass is 19.3. The lowest BCUT2D eigenvalue weighted by Gasteiger charge is -2.40. The second-order valence-electron chi connectivity index (χ2n) is 6.38. The van der Waals surface area contributed by atoms with Crippen molar-refractivity contribution in [2.24, 2.45) is 0 Å². The number of alkyl halides is 2. The summed E-state index contributed by atoms with van der Waals surface area (Å²) in [6.45, 7) is 8.28. The molecule has 4 nitrogen and oxygen atoms in total. The molecule has 0 spiro atoms. The van der Waals surface area contributed by atoms with Crippen molar-refractivity contribution in [3.8, 4) is 0 Å². The molecule has 112 valence electrons. The fourth-order valence-electron chi connectivity index (χ4n) is 2.10. The van der Waals surface area contributed by atoms with E-state index in [4.69, 9.17) is 4.74 Å². The summed E-state index contributed by atoms with van der Waals surface area (Å²) in [4.78, 5) is 13.4. The van der Waals surface area contributed by atoms with Gasteiger partial charge in [-0.05, 0) is 40.5 Å². The minimum absolute atomic E-state index is 0.192. The van der Waals surface area contributed by atoms with E-state index in [9.17, 15) is 13.6 Å². The summed E-state index contributed by atoms with van der Waals surface area (Å²) >= 11 is 0. The maximum atomic E-state index is 12.3. The van der Waals surface area contributed by atoms with E-state index in [1.807, 2.05) is 6.92 Å². The van der Waals surface area contributed by atoms with Crippen LogP contribution >= 0.6 is 0 Å². The Morgan fingerprint density at radius 1 is 1.37 bits per heavy atom. The highest BCUT2D eigenvalue weighted by Gasteiger charge is 2.33. The smallest absolute Gasteiger partial charge is 0.408 e. The first-order valence-corrected chi connectivity index (χ1v) is 6.61. The molecule has 0 aromatic carbocycles. The predicted molar refractivity (Wildman–Crippen MR) is 69.5 cm³/mol. The number of rotatable bonds is 3. The topological polar surface area (TPSA) is 41.6 Å². The summed E-state index contributed by atoms with van der Waals surface area (Å²) in [5, 5.41) is 2.85. The van der Waals surface area contributed by atoms with Crippen molar-refractivity contribution in [1.29, 1.82) is 0 Å². The van der Waals surface area contributed by atoms with Crippen molar-refractivity contribution >= 4 is 6.09 Å². The number of nitrogens with zero attached hydrogens (tertiary/aromatic N) is 1. The SMILES string of the molecule is CC1(NC(=O)OC(C)(C)C)CCN(CC(F)F)CC1. The third-order valence-corrected chi connectivity index (χ3v) is 3.16. The maximum Gasteiger partial charge on any atom is 0.408 e. The summed E-state index contributed by atoms with van der Waals surface area (Å²) in [5.74, 6) is 0. The molecule has 1 aliphatic rings. The second kappa shape index (κ2) is 6.03. The molecule has 0 radical (unpaired) electrons. The van der Waals surface area contributed by atoms with Gasteiger partial charge in [-0.1, -0.05) is 0 Å². The lowest BCUT2D eigenvalue weighted by Crippen LogP contribution is -2.54. The molecule has 19 heavy (non-hydrogen) atoms. The van der Waals surface area contributed by atoms with Crippen LogP contribution in [0.1, 0.15) is 40.5 Å². The van der Waals surface area contributed by atoms with Crippen molar-refractivity contribution in [3.63, 3.8) is 0 Å². The molecule has 1 fully saturated rings. The van der Waals surface area contributed by atoms with Gasteiger partial charge < -0.3 is 10.1 Å². The summed E-state index contributed by atoms with van der Waals surface area (Å²) in [5.41, 5.74) is -0.905. The van der Waals surface area contributed by atoms with Crippen LogP contribution in [0.3, 0.4) is 0 Å². The molecule has 6 heteroatoms. The molecule has 0 aliphatic carbocycles. The highest BCUT2D eigenvalue weighted by molar-refractivity contribution is 5.68. The molecule has 0 unspecified atom stereocenters. The molecule has 0 atom stereocenters.